The molecule has 2 unspecified atom stereocenters. The normalized spacial score (nSPS) is 33.3. The second-order valence-electron chi connectivity index (χ2n) is 3.93. The molecule has 90 valence electrons. The Labute approximate surface area is 87.0 Å². The van der Waals surface area contributed by atoms with Gasteiger partial charge in [0.1, 0.15) is 5.54 Å². The van der Waals surface area contributed by atoms with Gasteiger partial charge >= 0.3 is 6.18 Å². The molecule has 0 amide bonds. The van der Waals surface area contributed by atoms with Crippen molar-refractivity contribution in [2.75, 3.05) is 13.3 Å². The van der Waals surface area contributed by atoms with Gasteiger partial charge in [-0.05, 0) is 26.3 Å². The zero-order valence-corrected chi connectivity index (χ0v) is 9.37. The summed E-state index contributed by atoms with van der Waals surface area (Å²) in [4.78, 5) is 0. The van der Waals surface area contributed by atoms with Crippen LogP contribution in [0, 0.1) is 0 Å². The molecule has 0 spiro atoms. The fraction of sp³-hybridized carbons (Fsp3) is 1.00. The molecular formula is C8H14F3NO2S. The second-order valence-corrected chi connectivity index (χ2v) is 6.16. The Kier molecular flexibility index (Phi) is 3.08. The van der Waals surface area contributed by atoms with Crippen LogP contribution in [0.4, 0.5) is 13.2 Å². The lowest BCUT2D eigenvalue weighted by atomic mass is 9.97. The van der Waals surface area contributed by atoms with Crippen molar-refractivity contribution >= 4 is 9.84 Å². The molecule has 0 aromatic carbocycles. The summed E-state index contributed by atoms with van der Waals surface area (Å²) in [5.41, 5.74) is -2.26. The summed E-state index contributed by atoms with van der Waals surface area (Å²) < 4.78 is 61.2. The summed E-state index contributed by atoms with van der Waals surface area (Å²) in [5.74, 6) is 0. The molecule has 0 heterocycles. The Hall–Kier alpha value is -0.300. The van der Waals surface area contributed by atoms with E-state index >= 15 is 0 Å². The predicted octanol–water partition coefficient (Wildman–Crippen LogP) is 1.10. The van der Waals surface area contributed by atoms with E-state index in [2.05, 4.69) is 5.32 Å². The van der Waals surface area contributed by atoms with Crippen molar-refractivity contribution in [1.29, 1.82) is 0 Å². The van der Waals surface area contributed by atoms with E-state index < -0.39 is 26.8 Å². The van der Waals surface area contributed by atoms with Crippen LogP contribution in [0.15, 0.2) is 0 Å². The summed E-state index contributed by atoms with van der Waals surface area (Å²) in [5, 5.41) is 0.804. The van der Waals surface area contributed by atoms with Crippen LogP contribution in [0.2, 0.25) is 0 Å². The molecule has 2 atom stereocenters. The van der Waals surface area contributed by atoms with Crippen molar-refractivity contribution in [3.63, 3.8) is 0 Å². The lowest BCUT2D eigenvalue weighted by Gasteiger charge is -2.36. The standard InChI is InChI=1S/C8H14F3NO2S/c1-12-7(8(9,10)11)5-3-4-6(7)15(2,13)14/h6,12H,3-5H2,1-2H3. The lowest BCUT2D eigenvalue weighted by Crippen LogP contribution is -2.62. The molecule has 3 nitrogen and oxygen atoms in total. The highest BCUT2D eigenvalue weighted by Gasteiger charge is 2.63. The smallest absolute Gasteiger partial charge is 0.306 e. The van der Waals surface area contributed by atoms with Gasteiger partial charge in [-0.1, -0.05) is 0 Å². The van der Waals surface area contributed by atoms with E-state index in [4.69, 9.17) is 0 Å². The van der Waals surface area contributed by atoms with Gasteiger partial charge < -0.3 is 5.32 Å². The Morgan fingerprint density at radius 3 is 2.20 bits per heavy atom. The van der Waals surface area contributed by atoms with Gasteiger partial charge in [-0.15, -0.1) is 0 Å². The largest absolute Gasteiger partial charge is 0.407 e. The van der Waals surface area contributed by atoms with E-state index in [0.717, 1.165) is 13.3 Å². The SMILES string of the molecule is CNC1(C(F)(F)F)CCCC1S(C)(=O)=O. The second kappa shape index (κ2) is 3.62. The van der Waals surface area contributed by atoms with Crippen LogP contribution in [0.3, 0.4) is 0 Å². The summed E-state index contributed by atoms with van der Waals surface area (Å²) in [7, 11) is -2.52. The van der Waals surface area contributed by atoms with E-state index in [1.54, 1.807) is 0 Å². The van der Waals surface area contributed by atoms with Crippen molar-refractivity contribution in [2.24, 2.45) is 0 Å². The molecule has 1 aliphatic rings. The maximum Gasteiger partial charge on any atom is 0.407 e. The van der Waals surface area contributed by atoms with Crippen LogP contribution in [0.5, 0.6) is 0 Å². The van der Waals surface area contributed by atoms with Crippen molar-refractivity contribution in [1.82, 2.24) is 5.32 Å². The van der Waals surface area contributed by atoms with Crippen molar-refractivity contribution in [3.05, 3.63) is 0 Å². The van der Waals surface area contributed by atoms with Gasteiger partial charge in [0.05, 0.1) is 5.25 Å². The van der Waals surface area contributed by atoms with Crippen LogP contribution in [0.1, 0.15) is 19.3 Å². The molecule has 0 radical (unpaired) electrons. The molecule has 0 aromatic rings. The molecule has 15 heavy (non-hydrogen) atoms. The zero-order chi connectivity index (χ0) is 11.9. The van der Waals surface area contributed by atoms with Crippen LogP contribution < -0.4 is 5.32 Å². The molecular weight excluding hydrogens is 231 g/mol. The van der Waals surface area contributed by atoms with E-state index in [-0.39, 0.29) is 19.3 Å². The maximum atomic E-state index is 12.9. The van der Waals surface area contributed by atoms with Crippen molar-refractivity contribution < 1.29 is 21.6 Å². The van der Waals surface area contributed by atoms with Crippen LogP contribution in [-0.4, -0.2) is 38.7 Å². The molecule has 1 N–H and O–H groups in total. The Morgan fingerprint density at radius 1 is 1.40 bits per heavy atom. The number of halogens is 3. The van der Waals surface area contributed by atoms with Gasteiger partial charge in [-0.25, -0.2) is 8.42 Å². The van der Waals surface area contributed by atoms with E-state index in [1.165, 1.54) is 0 Å². The highest BCUT2D eigenvalue weighted by molar-refractivity contribution is 7.91. The van der Waals surface area contributed by atoms with Gasteiger partial charge in [-0.2, -0.15) is 13.2 Å². The van der Waals surface area contributed by atoms with Gasteiger partial charge in [0.2, 0.25) is 0 Å². The minimum atomic E-state index is -4.54. The third-order valence-corrected chi connectivity index (χ3v) is 4.73. The first-order chi connectivity index (χ1) is 6.65. The molecule has 1 rings (SSSR count). The molecule has 0 saturated heterocycles. The Balaban J connectivity index is 3.20. The highest BCUT2D eigenvalue weighted by atomic mass is 32.2. The minimum Gasteiger partial charge on any atom is -0.306 e. The van der Waals surface area contributed by atoms with Gasteiger partial charge in [0, 0.05) is 6.26 Å². The summed E-state index contributed by atoms with van der Waals surface area (Å²) in [6.45, 7) is 0. The number of alkyl halides is 3. The molecule has 0 aromatic heterocycles. The average molecular weight is 245 g/mol. The van der Waals surface area contributed by atoms with Crippen LogP contribution >= 0.6 is 0 Å². The van der Waals surface area contributed by atoms with Gasteiger partial charge in [0.15, 0.2) is 9.84 Å². The highest BCUT2D eigenvalue weighted by Crippen LogP contribution is 2.45. The molecule has 0 bridgehead atoms. The number of sulfone groups is 1. The number of nitrogens with one attached hydrogen (secondary N) is 1. The average Bonchev–Trinajstić information content (AvgIpc) is 2.45. The summed E-state index contributed by atoms with van der Waals surface area (Å²) in [6, 6.07) is 0. The van der Waals surface area contributed by atoms with E-state index in [0.29, 0.717) is 0 Å². The molecule has 7 heteroatoms. The molecule has 1 fully saturated rings. The van der Waals surface area contributed by atoms with Crippen molar-refractivity contribution in [3.8, 4) is 0 Å². The van der Waals surface area contributed by atoms with Gasteiger partial charge in [-0.3, -0.25) is 0 Å². The molecule has 1 saturated carbocycles. The first-order valence-electron chi connectivity index (χ1n) is 4.59. The van der Waals surface area contributed by atoms with E-state index in [1.807, 2.05) is 0 Å². The van der Waals surface area contributed by atoms with E-state index in [9.17, 15) is 21.6 Å². The van der Waals surface area contributed by atoms with Crippen LogP contribution in [-0.2, 0) is 9.84 Å². The third-order valence-electron chi connectivity index (χ3n) is 3.06. The molecule has 0 aliphatic heterocycles. The Bertz CT molecular complexity index is 338. The lowest BCUT2D eigenvalue weighted by molar-refractivity contribution is -0.192. The van der Waals surface area contributed by atoms with Crippen LogP contribution in [0.25, 0.3) is 0 Å². The zero-order valence-electron chi connectivity index (χ0n) is 8.56. The third kappa shape index (κ3) is 1.99. The topological polar surface area (TPSA) is 46.2 Å². The number of hydrogen-bond donors (Lipinski definition) is 1. The Morgan fingerprint density at radius 2 is 1.93 bits per heavy atom. The first kappa shape index (κ1) is 12.8. The summed E-state index contributed by atoms with van der Waals surface area (Å²) in [6.07, 6.45) is -3.51. The molecule has 1 aliphatic carbocycles. The quantitative estimate of drug-likeness (QED) is 0.792. The van der Waals surface area contributed by atoms with Gasteiger partial charge in [0.25, 0.3) is 0 Å². The number of hydrogen-bond acceptors (Lipinski definition) is 3. The fourth-order valence-electron chi connectivity index (χ4n) is 2.31. The monoisotopic (exact) mass is 245 g/mol. The fourth-order valence-corrected chi connectivity index (χ4v) is 4.00. The maximum absolute atomic E-state index is 12.9. The minimum absolute atomic E-state index is 0.0686. The first-order valence-corrected chi connectivity index (χ1v) is 6.55. The summed E-state index contributed by atoms with van der Waals surface area (Å²) >= 11 is 0. The number of rotatable bonds is 2. The predicted molar refractivity (Wildman–Crippen MR) is 50.3 cm³/mol. The van der Waals surface area contributed by atoms with Crippen molar-refractivity contribution in [2.45, 2.75) is 36.2 Å².